The number of benzene rings is 2. The maximum atomic E-state index is 4.83. The summed E-state index contributed by atoms with van der Waals surface area (Å²) in [5.41, 5.74) is 0. The van der Waals surface area contributed by atoms with Crippen LogP contribution in [-0.4, -0.2) is 13.2 Å². The monoisotopic (exact) mass is 305 g/mol. The third-order valence-electron chi connectivity index (χ3n) is 2.00. The molecule has 0 aliphatic rings. The second-order valence-corrected chi connectivity index (χ2v) is 4.68. The Balaban J connectivity index is 0. The van der Waals surface area contributed by atoms with E-state index in [4.69, 9.17) is 4.74 Å². The minimum atomic E-state index is 0. The fourth-order valence-corrected chi connectivity index (χ4v) is 2.20. The number of hydrogen-bond acceptors (Lipinski definition) is 1. The van der Waals surface area contributed by atoms with Crippen LogP contribution in [0.4, 0.5) is 0 Å². The molecule has 0 saturated heterocycles. The van der Waals surface area contributed by atoms with Crippen molar-refractivity contribution in [1.82, 2.24) is 0 Å². The standard InChI is InChI=1S/2C6H5.C4H10O.Cu.2Li/c2*1-2-4-6-5-3-1;1-3-5-4-2;;;/h2*1-5H;3-4H2,1-2H3;;;/q;;;-2;2*+1. The second-order valence-electron chi connectivity index (χ2n) is 3.36. The van der Waals surface area contributed by atoms with Gasteiger partial charge < -0.3 is 4.74 Å². The summed E-state index contributed by atoms with van der Waals surface area (Å²) in [6, 6.07) is 20.8. The predicted molar refractivity (Wildman–Crippen MR) is 74.3 cm³/mol. The minimum absolute atomic E-state index is 0. The van der Waals surface area contributed by atoms with Gasteiger partial charge in [0.05, 0.1) is 0 Å². The second kappa shape index (κ2) is 15.5. The van der Waals surface area contributed by atoms with Crippen LogP contribution < -0.4 is 46.6 Å². The van der Waals surface area contributed by atoms with Crippen molar-refractivity contribution in [2.45, 2.75) is 13.8 Å². The van der Waals surface area contributed by atoms with Crippen molar-refractivity contribution >= 4 is 8.92 Å². The summed E-state index contributed by atoms with van der Waals surface area (Å²) in [6.45, 7) is 5.67. The van der Waals surface area contributed by atoms with Crippen molar-refractivity contribution in [2.75, 3.05) is 13.2 Å². The van der Waals surface area contributed by atoms with E-state index in [0.29, 0.717) is 0 Å². The molecule has 0 atom stereocenters. The van der Waals surface area contributed by atoms with E-state index in [0.717, 1.165) is 13.2 Å². The summed E-state index contributed by atoms with van der Waals surface area (Å²) in [7, 11) is 0. The zero-order valence-electron chi connectivity index (χ0n) is 12.9. The van der Waals surface area contributed by atoms with Crippen LogP contribution in [0.5, 0.6) is 0 Å². The molecule has 2 aromatic carbocycles. The van der Waals surface area contributed by atoms with E-state index in [1.54, 1.807) is 0 Å². The third-order valence-corrected chi connectivity index (χ3v) is 3.17. The Hall–Kier alpha value is 0.114. The Labute approximate surface area is 153 Å². The Morgan fingerprint density at radius 3 is 1.30 bits per heavy atom. The molecule has 0 bridgehead atoms. The van der Waals surface area contributed by atoms with Crippen LogP contribution in [0.25, 0.3) is 0 Å². The van der Waals surface area contributed by atoms with Gasteiger partial charge in [-0.15, -0.1) is 0 Å². The van der Waals surface area contributed by atoms with Gasteiger partial charge in [-0.05, 0) is 13.8 Å². The third kappa shape index (κ3) is 10.8. The van der Waals surface area contributed by atoms with E-state index < -0.39 is 0 Å². The van der Waals surface area contributed by atoms with Crippen molar-refractivity contribution in [3.8, 4) is 0 Å². The number of rotatable bonds is 4. The molecule has 0 radical (unpaired) electrons. The molecule has 0 aliphatic carbocycles. The van der Waals surface area contributed by atoms with Crippen LogP contribution in [0.2, 0.25) is 0 Å². The van der Waals surface area contributed by atoms with Crippen LogP contribution in [0, 0.1) is 0 Å². The first-order valence-corrected chi connectivity index (χ1v) is 7.06. The van der Waals surface area contributed by atoms with E-state index in [1.165, 1.54) is 8.92 Å². The molecule has 103 valence electrons. The average molecular weight is 306 g/mol. The van der Waals surface area contributed by atoms with Gasteiger partial charge in [0.25, 0.3) is 0 Å². The number of hydrogen-bond donors (Lipinski definition) is 0. The van der Waals surface area contributed by atoms with Crippen LogP contribution in [0.15, 0.2) is 60.7 Å². The molecular formula is C16H20CuLi2O. The van der Waals surface area contributed by atoms with E-state index in [1.807, 2.05) is 40.9 Å². The molecule has 0 heterocycles. The average Bonchev–Trinajstić information content (AvgIpc) is 2.43. The number of ether oxygens (including phenoxy) is 1. The summed E-state index contributed by atoms with van der Waals surface area (Å²) in [5, 5.41) is 0. The van der Waals surface area contributed by atoms with Gasteiger partial charge in [-0.25, -0.2) is 0 Å². The van der Waals surface area contributed by atoms with Crippen molar-refractivity contribution in [1.29, 1.82) is 0 Å². The molecule has 0 aromatic heterocycles. The van der Waals surface area contributed by atoms with E-state index in [9.17, 15) is 0 Å². The van der Waals surface area contributed by atoms with Crippen molar-refractivity contribution in [2.24, 2.45) is 0 Å². The molecule has 0 spiro atoms. The predicted octanol–water partition coefficient (Wildman–Crippen LogP) is -3.23. The molecule has 0 unspecified atom stereocenters. The normalized spacial score (nSPS) is 8.70. The van der Waals surface area contributed by atoms with Gasteiger partial charge in [0.1, 0.15) is 0 Å². The van der Waals surface area contributed by atoms with Gasteiger partial charge in [-0.2, -0.15) is 0 Å². The fourth-order valence-electron chi connectivity index (χ4n) is 1.21. The zero-order valence-corrected chi connectivity index (χ0v) is 13.8. The van der Waals surface area contributed by atoms with Crippen molar-refractivity contribution in [3.05, 3.63) is 60.7 Å². The molecule has 0 saturated carbocycles. The summed E-state index contributed by atoms with van der Waals surface area (Å²) < 4.78 is 7.38. The molecule has 0 aliphatic heterocycles. The van der Waals surface area contributed by atoms with Crippen LogP contribution in [0.1, 0.15) is 13.8 Å². The summed E-state index contributed by atoms with van der Waals surface area (Å²) >= 11 is 1.88. The molecular weight excluding hydrogens is 286 g/mol. The SMILES string of the molecule is CCOCC.[Li+].[Li+].c1cc[c]([Cu-2][c]2ccccc2)cc1. The fraction of sp³-hybridized carbons (Fsp3) is 0.250. The molecule has 1 nitrogen and oxygen atoms in total. The van der Waals surface area contributed by atoms with Gasteiger partial charge in [-0.3, -0.25) is 0 Å². The Bertz CT molecular complexity index is 370. The molecule has 4 heteroatoms. The van der Waals surface area contributed by atoms with E-state index in [2.05, 4.69) is 48.5 Å². The van der Waals surface area contributed by atoms with E-state index >= 15 is 0 Å². The molecule has 2 aromatic rings. The van der Waals surface area contributed by atoms with Crippen molar-refractivity contribution in [3.63, 3.8) is 0 Å². The van der Waals surface area contributed by atoms with Crippen molar-refractivity contribution < 1.29 is 57.4 Å². The zero-order chi connectivity index (χ0) is 13.1. The van der Waals surface area contributed by atoms with Gasteiger partial charge in [0, 0.05) is 13.2 Å². The van der Waals surface area contributed by atoms with E-state index in [-0.39, 0.29) is 37.7 Å². The Morgan fingerprint density at radius 2 is 1.05 bits per heavy atom. The Morgan fingerprint density at radius 1 is 0.700 bits per heavy atom. The molecule has 0 fully saturated rings. The first-order valence-electron chi connectivity index (χ1n) is 6.11. The van der Waals surface area contributed by atoms with Crippen LogP contribution >= 0.6 is 0 Å². The maximum absolute atomic E-state index is 4.83. The molecule has 0 N–H and O–H groups in total. The van der Waals surface area contributed by atoms with Gasteiger partial charge in [0.2, 0.25) is 0 Å². The first kappa shape index (κ1) is 22.4. The summed E-state index contributed by atoms with van der Waals surface area (Å²) in [4.78, 5) is 0. The first-order chi connectivity index (χ1) is 8.86. The molecule has 20 heavy (non-hydrogen) atoms. The molecule has 2 rings (SSSR count). The Kier molecular flexibility index (Phi) is 17.4. The van der Waals surface area contributed by atoms with Gasteiger partial charge in [-0.1, -0.05) is 0 Å². The van der Waals surface area contributed by atoms with Crippen LogP contribution in [-0.2, 0) is 19.7 Å². The van der Waals surface area contributed by atoms with Gasteiger partial charge in [0.15, 0.2) is 0 Å². The quantitative estimate of drug-likeness (QED) is 0.540. The summed E-state index contributed by atoms with van der Waals surface area (Å²) in [5.74, 6) is 0. The van der Waals surface area contributed by atoms with Gasteiger partial charge >= 0.3 is 122 Å². The molecule has 0 amide bonds. The van der Waals surface area contributed by atoms with Crippen LogP contribution in [0.3, 0.4) is 0 Å². The topological polar surface area (TPSA) is 9.23 Å². The summed E-state index contributed by atoms with van der Waals surface area (Å²) in [6.07, 6.45) is 0.